The van der Waals surface area contributed by atoms with Gasteiger partial charge in [0.2, 0.25) is 0 Å². The molecule has 1 saturated heterocycles. The fraction of sp³-hybridized carbons (Fsp3) is 0.667. The maximum absolute atomic E-state index is 5.29. The van der Waals surface area contributed by atoms with Crippen molar-refractivity contribution in [1.29, 1.82) is 0 Å². The van der Waals surface area contributed by atoms with E-state index in [0.717, 1.165) is 39.1 Å². The summed E-state index contributed by atoms with van der Waals surface area (Å²) in [5.74, 6) is 0. The minimum Gasteiger partial charge on any atom is -0.378 e. The summed E-state index contributed by atoms with van der Waals surface area (Å²) in [5.41, 5.74) is 5.91. The zero-order valence-electron chi connectivity index (χ0n) is 10.9. The molecule has 0 spiro atoms. The zero-order valence-corrected chi connectivity index (χ0v) is 12.5. The molecular weight excluding hydrogens is 280 g/mol. The minimum atomic E-state index is 0.326. The van der Waals surface area contributed by atoms with Crippen molar-refractivity contribution >= 4 is 34.7 Å². The van der Waals surface area contributed by atoms with Crippen LogP contribution in [0.4, 0.5) is 0 Å². The summed E-state index contributed by atoms with van der Waals surface area (Å²) in [5, 5.41) is 4.48. The summed E-state index contributed by atoms with van der Waals surface area (Å²) in [6, 6.07) is 0.326. The summed E-state index contributed by atoms with van der Waals surface area (Å²) >= 11 is 10.5. The Morgan fingerprint density at radius 3 is 2.68 bits per heavy atom. The molecule has 19 heavy (non-hydrogen) atoms. The van der Waals surface area contributed by atoms with Gasteiger partial charge in [-0.05, 0) is 43.7 Å². The normalized spacial score (nSPS) is 22.7. The number of hydrazine groups is 1. The van der Waals surface area contributed by atoms with Crippen LogP contribution in [-0.4, -0.2) is 47.5 Å². The second-order valence-corrected chi connectivity index (χ2v) is 5.39. The van der Waals surface area contributed by atoms with E-state index < -0.39 is 0 Å². The van der Waals surface area contributed by atoms with E-state index in [1.165, 1.54) is 6.42 Å². The molecule has 2 aliphatic rings. The van der Waals surface area contributed by atoms with Crippen LogP contribution in [0.25, 0.3) is 0 Å². The van der Waals surface area contributed by atoms with Gasteiger partial charge in [-0.3, -0.25) is 10.9 Å². The number of morpholine rings is 1. The smallest absolute Gasteiger partial charge is 0.188 e. The Morgan fingerprint density at radius 2 is 2.00 bits per heavy atom. The molecule has 5 nitrogen and oxygen atoms in total. The summed E-state index contributed by atoms with van der Waals surface area (Å²) in [4.78, 5) is 2.06. The van der Waals surface area contributed by atoms with Gasteiger partial charge in [0, 0.05) is 19.1 Å². The van der Waals surface area contributed by atoms with E-state index >= 15 is 0 Å². The van der Waals surface area contributed by atoms with Crippen molar-refractivity contribution in [3.8, 4) is 0 Å². The molecule has 0 aromatic heterocycles. The number of nitrogens with one attached hydrogen (secondary N) is 3. The molecule has 1 aliphatic carbocycles. The third kappa shape index (κ3) is 4.93. The lowest BCUT2D eigenvalue weighted by atomic mass is 10.0. The Balaban J connectivity index is 1.66. The van der Waals surface area contributed by atoms with Gasteiger partial charge < -0.3 is 15.0 Å². The van der Waals surface area contributed by atoms with Crippen molar-refractivity contribution in [2.45, 2.75) is 25.3 Å². The van der Waals surface area contributed by atoms with Gasteiger partial charge >= 0.3 is 0 Å². The fourth-order valence-corrected chi connectivity index (χ4v) is 2.53. The summed E-state index contributed by atoms with van der Waals surface area (Å²) in [6.07, 6.45) is 7.84. The monoisotopic (exact) mass is 300 g/mol. The summed E-state index contributed by atoms with van der Waals surface area (Å²) in [7, 11) is 0. The van der Waals surface area contributed by atoms with Crippen molar-refractivity contribution in [3.63, 3.8) is 0 Å². The van der Waals surface area contributed by atoms with Crippen molar-refractivity contribution in [1.82, 2.24) is 21.1 Å². The second kappa shape index (κ2) is 7.62. The van der Waals surface area contributed by atoms with Crippen LogP contribution >= 0.6 is 24.4 Å². The van der Waals surface area contributed by atoms with Crippen LogP contribution in [0.5, 0.6) is 0 Å². The zero-order chi connectivity index (χ0) is 13.5. The molecule has 7 heteroatoms. The molecule has 106 valence electrons. The topological polar surface area (TPSA) is 48.6 Å². The van der Waals surface area contributed by atoms with Gasteiger partial charge in [-0.1, -0.05) is 12.2 Å². The molecule has 3 N–H and O–H groups in total. The predicted octanol–water partition coefficient (Wildman–Crippen LogP) is 0.681. The molecule has 1 heterocycles. The number of thiocarbonyl (C=S) groups is 2. The maximum atomic E-state index is 5.29. The average Bonchev–Trinajstić information content (AvgIpc) is 2.47. The molecule has 0 radical (unpaired) electrons. The first-order valence-electron chi connectivity index (χ1n) is 6.61. The lowest BCUT2D eigenvalue weighted by Gasteiger charge is -2.30. The van der Waals surface area contributed by atoms with Gasteiger partial charge in [0.15, 0.2) is 10.2 Å². The lowest BCUT2D eigenvalue weighted by Crippen LogP contribution is -2.54. The van der Waals surface area contributed by atoms with Gasteiger partial charge in [0.05, 0.1) is 13.2 Å². The van der Waals surface area contributed by atoms with Crippen LogP contribution in [0.1, 0.15) is 19.3 Å². The van der Waals surface area contributed by atoms with E-state index in [4.69, 9.17) is 29.2 Å². The summed E-state index contributed by atoms with van der Waals surface area (Å²) in [6.45, 7) is 3.08. The van der Waals surface area contributed by atoms with E-state index in [0.29, 0.717) is 16.3 Å². The van der Waals surface area contributed by atoms with E-state index in [9.17, 15) is 0 Å². The van der Waals surface area contributed by atoms with Gasteiger partial charge in [0.25, 0.3) is 0 Å². The highest BCUT2D eigenvalue weighted by Gasteiger charge is 2.14. The van der Waals surface area contributed by atoms with Gasteiger partial charge in [0.1, 0.15) is 0 Å². The highest BCUT2D eigenvalue weighted by molar-refractivity contribution is 7.80. The molecule has 0 bridgehead atoms. The quantitative estimate of drug-likeness (QED) is 0.374. The molecule has 2 rings (SSSR count). The summed E-state index contributed by atoms with van der Waals surface area (Å²) < 4.78 is 5.28. The van der Waals surface area contributed by atoms with Crippen molar-refractivity contribution in [2.24, 2.45) is 0 Å². The molecule has 1 fully saturated rings. The molecule has 0 aromatic rings. The molecular formula is C12H20N4OS2. The number of hydrogen-bond acceptors (Lipinski definition) is 3. The van der Waals surface area contributed by atoms with Crippen LogP contribution in [0.3, 0.4) is 0 Å². The number of allylic oxidation sites excluding steroid dienone is 1. The Morgan fingerprint density at radius 1 is 1.21 bits per heavy atom. The highest BCUT2D eigenvalue weighted by Crippen LogP contribution is 2.09. The van der Waals surface area contributed by atoms with Crippen LogP contribution < -0.4 is 16.2 Å². The fourth-order valence-electron chi connectivity index (χ4n) is 2.09. The standard InChI is InChI=1S/C12H20N4OS2/c18-11(13-10-4-2-1-3-5-10)14-15-12(19)16-6-8-17-9-7-16/h2,4,10H,1,3,5-9H2,(H,15,19)(H2,13,14,18)/t10-/m0/s1. The highest BCUT2D eigenvalue weighted by atomic mass is 32.1. The van der Waals surface area contributed by atoms with Crippen LogP contribution in [-0.2, 0) is 4.74 Å². The minimum absolute atomic E-state index is 0.326. The molecule has 0 saturated carbocycles. The van der Waals surface area contributed by atoms with Crippen molar-refractivity contribution in [3.05, 3.63) is 12.2 Å². The average molecular weight is 300 g/mol. The van der Waals surface area contributed by atoms with Crippen LogP contribution in [0, 0.1) is 0 Å². The SMILES string of the molecule is S=C(NNC(=S)N1CCOCC1)N[C@H]1C=CCCC1. The molecule has 0 aromatic carbocycles. The van der Waals surface area contributed by atoms with E-state index in [1.54, 1.807) is 0 Å². The first-order valence-corrected chi connectivity index (χ1v) is 7.43. The number of ether oxygens (including phenoxy) is 1. The molecule has 1 atom stereocenters. The number of nitrogens with zero attached hydrogens (tertiary/aromatic N) is 1. The number of rotatable bonds is 1. The Bertz CT molecular complexity index is 356. The lowest BCUT2D eigenvalue weighted by molar-refractivity contribution is 0.0675. The molecule has 0 unspecified atom stereocenters. The number of hydrogen-bond donors (Lipinski definition) is 3. The Labute approximate surface area is 124 Å². The van der Waals surface area contributed by atoms with Crippen molar-refractivity contribution in [2.75, 3.05) is 26.3 Å². The van der Waals surface area contributed by atoms with E-state index in [1.807, 2.05) is 0 Å². The maximum Gasteiger partial charge on any atom is 0.188 e. The third-order valence-corrected chi connectivity index (χ3v) is 3.73. The van der Waals surface area contributed by atoms with Gasteiger partial charge in [-0.15, -0.1) is 0 Å². The Hall–Kier alpha value is -0.920. The second-order valence-electron chi connectivity index (χ2n) is 4.59. The van der Waals surface area contributed by atoms with E-state index in [2.05, 4.69) is 33.2 Å². The van der Waals surface area contributed by atoms with Gasteiger partial charge in [-0.25, -0.2) is 0 Å². The third-order valence-electron chi connectivity index (χ3n) is 3.15. The van der Waals surface area contributed by atoms with Gasteiger partial charge in [-0.2, -0.15) is 0 Å². The first-order chi connectivity index (χ1) is 9.25. The van der Waals surface area contributed by atoms with Crippen molar-refractivity contribution < 1.29 is 4.74 Å². The largest absolute Gasteiger partial charge is 0.378 e. The molecule has 1 aliphatic heterocycles. The van der Waals surface area contributed by atoms with Crippen LogP contribution in [0.15, 0.2) is 12.2 Å². The van der Waals surface area contributed by atoms with E-state index in [-0.39, 0.29) is 0 Å². The first kappa shape index (κ1) is 14.5. The van der Waals surface area contributed by atoms with Crippen LogP contribution in [0.2, 0.25) is 0 Å². The molecule has 0 amide bonds. The Kier molecular flexibility index (Phi) is 5.81. The predicted molar refractivity (Wildman–Crippen MR) is 83.8 cm³/mol.